The van der Waals surface area contributed by atoms with E-state index in [4.69, 9.17) is 5.11 Å². The number of carbonyl (C=O) groups excluding carboxylic acids is 1. The van der Waals surface area contributed by atoms with Crippen molar-refractivity contribution in [3.63, 3.8) is 0 Å². The number of halogens is 1. The average Bonchev–Trinajstić information content (AvgIpc) is 2.18. The zero-order chi connectivity index (χ0) is 11.4. The van der Waals surface area contributed by atoms with Crippen molar-refractivity contribution in [3.05, 3.63) is 35.6 Å². The SMILES string of the molecule is CCC(C(=O)O)C(=O)c1cccc(F)c1. The molecule has 0 heterocycles. The molecular formula is C11H11FO3. The van der Waals surface area contributed by atoms with Crippen molar-refractivity contribution in [2.45, 2.75) is 13.3 Å². The number of rotatable bonds is 4. The second-order valence-corrected chi connectivity index (χ2v) is 3.17. The topological polar surface area (TPSA) is 54.4 Å². The van der Waals surface area contributed by atoms with E-state index in [1.54, 1.807) is 6.92 Å². The molecule has 0 bridgehead atoms. The molecule has 0 amide bonds. The van der Waals surface area contributed by atoms with Crippen LogP contribution in [0.4, 0.5) is 4.39 Å². The Bertz CT molecular complexity index is 387. The molecule has 0 spiro atoms. The van der Waals surface area contributed by atoms with Crippen LogP contribution in [0.2, 0.25) is 0 Å². The van der Waals surface area contributed by atoms with Gasteiger partial charge >= 0.3 is 5.97 Å². The van der Waals surface area contributed by atoms with Crippen molar-refractivity contribution >= 4 is 11.8 Å². The van der Waals surface area contributed by atoms with E-state index >= 15 is 0 Å². The lowest BCUT2D eigenvalue weighted by Gasteiger charge is -2.08. The van der Waals surface area contributed by atoms with Gasteiger partial charge in [0.15, 0.2) is 5.78 Å². The molecule has 80 valence electrons. The van der Waals surface area contributed by atoms with Gasteiger partial charge in [-0.2, -0.15) is 0 Å². The summed E-state index contributed by atoms with van der Waals surface area (Å²) in [5, 5.41) is 8.76. The van der Waals surface area contributed by atoms with Crippen molar-refractivity contribution in [3.8, 4) is 0 Å². The summed E-state index contributed by atoms with van der Waals surface area (Å²) in [6, 6.07) is 5.06. The van der Waals surface area contributed by atoms with Gasteiger partial charge in [0.25, 0.3) is 0 Å². The second kappa shape index (κ2) is 4.68. The zero-order valence-electron chi connectivity index (χ0n) is 8.24. The van der Waals surface area contributed by atoms with Gasteiger partial charge in [-0.25, -0.2) is 4.39 Å². The molecule has 0 aromatic heterocycles. The minimum absolute atomic E-state index is 0.101. The fraction of sp³-hybridized carbons (Fsp3) is 0.273. The third-order valence-corrected chi connectivity index (χ3v) is 2.13. The highest BCUT2D eigenvalue weighted by Crippen LogP contribution is 2.13. The predicted molar refractivity (Wildman–Crippen MR) is 52.1 cm³/mol. The number of carboxylic acid groups (broad SMARTS) is 1. The van der Waals surface area contributed by atoms with Crippen LogP contribution in [0.3, 0.4) is 0 Å². The first kappa shape index (κ1) is 11.4. The molecule has 0 aliphatic heterocycles. The first-order valence-corrected chi connectivity index (χ1v) is 4.58. The van der Waals surface area contributed by atoms with E-state index in [2.05, 4.69) is 0 Å². The fourth-order valence-electron chi connectivity index (χ4n) is 1.32. The summed E-state index contributed by atoms with van der Waals surface area (Å²) in [6.45, 7) is 1.61. The summed E-state index contributed by atoms with van der Waals surface area (Å²) in [7, 11) is 0. The molecule has 1 aromatic rings. The van der Waals surface area contributed by atoms with Crippen molar-refractivity contribution in [1.29, 1.82) is 0 Å². The maximum Gasteiger partial charge on any atom is 0.314 e. The van der Waals surface area contributed by atoms with Crippen molar-refractivity contribution in [2.24, 2.45) is 5.92 Å². The fourth-order valence-corrected chi connectivity index (χ4v) is 1.32. The summed E-state index contributed by atoms with van der Waals surface area (Å²) >= 11 is 0. The average molecular weight is 210 g/mol. The third kappa shape index (κ3) is 2.62. The van der Waals surface area contributed by atoms with E-state index < -0.39 is 23.5 Å². The van der Waals surface area contributed by atoms with Gasteiger partial charge < -0.3 is 5.11 Å². The van der Waals surface area contributed by atoms with Crippen LogP contribution in [0.1, 0.15) is 23.7 Å². The third-order valence-electron chi connectivity index (χ3n) is 2.13. The van der Waals surface area contributed by atoms with Crippen molar-refractivity contribution in [2.75, 3.05) is 0 Å². The number of hydrogen-bond donors (Lipinski definition) is 1. The van der Waals surface area contributed by atoms with E-state index in [0.29, 0.717) is 0 Å². The van der Waals surface area contributed by atoms with Crippen LogP contribution < -0.4 is 0 Å². The van der Waals surface area contributed by atoms with Crippen molar-refractivity contribution in [1.82, 2.24) is 0 Å². The van der Waals surface area contributed by atoms with E-state index in [1.165, 1.54) is 18.2 Å². The lowest BCUT2D eigenvalue weighted by atomic mass is 9.95. The molecule has 4 heteroatoms. The first-order valence-electron chi connectivity index (χ1n) is 4.58. The van der Waals surface area contributed by atoms with Crippen LogP contribution in [0.15, 0.2) is 24.3 Å². The van der Waals surface area contributed by atoms with E-state index in [9.17, 15) is 14.0 Å². The van der Waals surface area contributed by atoms with Crippen LogP contribution >= 0.6 is 0 Å². The van der Waals surface area contributed by atoms with Gasteiger partial charge in [-0.3, -0.25) is 9.59 Å². The van der Waals surface area contributed by atoms with E-state index in [-0.39, 0.29) is 12.0 Å². The Morgan fingerprint density at radius 2 is 2.13 bits per heavy atom. The molecule has 0 saturated carbocycles. The van der Waals surface area contributed by atoms with Gasteiger partial charge in [-0.05, 0) is 18.6 Å². The van der Waals surface area contributed by atoms with Crippen LogP contribution in [0, 0.1) is 11.7 Å². The molecule has 1 aromatic carbocycles. The number of Topliss-reactive ketones (excluding diaryl/α,β-unsaturated/α-hetero) is 1. The minimum Gasteiger partial charge on any atom is -0.481 e. The smallest absolute Gasteiger partial charge is 0.314 e. The monoisotopic (exact) mass is 210 g/mol. The Balaban J connectivity index is 2.98. The Labute approximate surface area is 86.5 Å². The predicted octanol–water partition coefficient (Wildman–Crippen LogP) is 2.12. The Morgan fingerprint density at radius 3 is 2.60 bits per heavy atom. The normalized spacial score (nSPS) is 12.1. The molecule has 3 nitrogen and oxygen atoms in total. The minimum atomic E-state index is -1.17. The molecule has 0 radical (unpaired) electrons. The van der Waals surface area contributed by atoms with Gasteiger partial charge in [-0.1, -0.05) is 19.1 Å². The van der Waals surface area contributed by atoms with Gasteiger partial charge in [0.1, 0.15) is 11.7 Å². The lowest BCUT2D eigenvalue weighted by Crippen LogP contribution is -2.23. The number of carbonyl (C=O) groups is 2. The number of benzene rings is 1. The van der Waals surface area contributed by atoms with Gasteiger partial charge in [0.05, 0.1) is 0 Å². The summed E-state index contributed by atoms with van der Waals surface area (Å²) in [4.78, 5) is 22.3. The van der Waals surface area contributed by atoms with Gasteiger partial charge in [0, 0.05) is 5.56 Å². The summed E-state index contributed by atoms with van der Waals surface area (Å²) in [5.74, 6) is -3.36. The van der Waals surface area contributed by atoms with Gasteiger partial charge in [-0.15, -0.1) is 0 Å². The van der Waals surface area contributed by atoms with E-state index in [1.807, 2.05) is 0 Å². The molecule has 1 rings (SSSR count). The first-order chi connectivity index (χ1) is 7.06. The van der Waals surface area contributed by atoms with E-state index in [0.717, 1.165) is 6.07 Å². The number of aliphatic carboxylic acids is 1. The standard InChI is InChI=1S/C11H11FO3/c1-2-9(11(14)15)10(13)7-4-3-5-8(12)6-7/h3-6,9H,2H2,1H3,(H,14,15). The number of ketones is 1. The zero-order valence-corrected chi connectivity index (χ0v) is 8.24. The molecule has 0 fully saturated rings. The maximum absolute atomic E-state index is 12.8. The van der Waals surface area contributed by atoms with Crippen LogP contribution in [0.5, 0.6) is 0 Å². The lowest BCUT2D eigenvalue weighted by molar-refractivity contribution is -0.140. The molecule has 1 unspecified atom stereocenters. The molecule has 0 aliphatic rings. The number of hydrogen-bond acceptors (Lipinski definition) is 2. The Morgan fingerprint density at radius 1 is 1.47 bits per heavy atom. The number of carboxylic acids is 1. The van der Waals surface area contributed by atoms with Crippen LogP contribution in [-0.4, -0.2) is 16.9 Å². The van der Waals surface area contributed by atoms with Gasteiger partial charge in [0.2, 0.25) is 0 Å². The molecule has 0 saturated heterocycles. The second-order valence-electron chi connectivity index (χ2n) is 3.17. The van der Waals surface area contributed by atoms with Crippen LogP contribution in [-0.2, 0) is 4.79 Å². The highest BCUT2D eigenvalue weighted by molar-refractivity contribution is 6.08. The molecular weight excluding hydrogens is 199 g/mol. The Hall–Kier alpha value is -1.71. The molecule has 1 atom stereocenters. The summed E-state index contributed by atoms with van der Waals surface area (Å²) in [5.41, 5.74) is 0.101. The molecule has 0 aliphatic carbocycles. The largest absolute Gasteiger partial charge is 0.481 e. The quantitative estimate of drug-likeness (QED) is 0.611. The molecule has 1 N–H and O–H groups in total. The Kier molecular flexibility index (Phi) is 3.55. The van der Waals surface area contributed by atoms with Crippen LogP contribution in [0.25, 0.3) is 0 Å². The molecule has 15 heavy (non-hydrogen) atoms. The highest BCUT2D eigenvalue weighted by Gasteiger charge is 2.25. The van der Waals surface area contributed by atoms with Crippen molar-refractivity contribution < 1.29 is 19.1 Å². The highest BCUT2D eigenvalue weighted by atomic mass is 19.1. The summed E-state index contributed by atoms with van der Waals surface area (Å²) < 4.78 is 12.8. The summed E-state index contributed by atoms with van der Waals surface area (Å²) in [6.07, 6.45) is 0.199. The maximum atomic E-state index is 12.8.